The molecule has 0 bridgehead atoms. The molecule has 0 radical (unpaired) electrons. The lowest BCUT2D eigenvalue weighted by molar-refractivity contribution is -0.153. The van der Waals surface area contributed by atoms with E-state index in [2.05, 4.69) is 15.6 Å². The van der Waals surface area contributed by atoms with Crippen molar-refractivity contribution < 1.29 is 27.1 Å². The molecule has 2 amide bonds. The zero-order chi connectivity index (χ0) is 27.2. The second-order valence-corrected chi connectivity index (χ2v) is 8.89. The Morgan fingerprint density at radius 3 is 2.37 bits per heavy atom. The van der Waals surface area contributed by atoms with Gasteiger partial charge in [0.15, 0.2) is 6.61 Å². The molecule has 4 aromatic rings. The highest BCUT2D eigenvalue weighted by Gasteiger charge is 2.38. The van der Waals surface area contributed by atoms with Gasteiger partial charge in [0, 0.05) is 18.3 Å². The lowest BCUT2D eigenvalue weighted by atomic mass is 9.80. The highest BCUT2D eigenvalue weighted by molar-refractivity contribution is 6.30. The minimum Gasteiger partial charge on any atom is -0.484 e. The highest BCUT2D eigenvalue weighted by Crippen LogP contribution is 2.35. The summed E-state index contributed by atoms with van der Waals surface area (Å²) in [5.41, 5.74) is 0.402. The zero-order valence-electron chi connectivity index (χ0n) is 19.8. The van der Waals surface area contributed by atoms with Crippen LogP contribution in [0.5, 0.6) is 5.75 Å². The number of amides is 2. The van der Waals surface area contributed by atoms with E-state index < -0.39 is 30.2 Å². The summed E-state index contributed by atoms with van der Waals surface area (Å²) in [7, 11) is 0. The topological polar surface area (TPSA) is 63.2 Å². The van der Waals surface area contributed by atoms with E-state index in [0.717, 1.165) is 11.6 Å². The molecule has 0 aliphatic rings. The maximum atomic E-state index is 13.7. The third-order valence-electron chi connectivity index (χ3n) is 5.62. The van der Waals surface area contributed by atoms with Gasteiger partial charge in [-0.3, -0.25) is 4.98 Å². The van der Waals surface area contributed by atoms with E-state index in [0.29, 0.717) is 16.3 Å². The Morgan fingerprint density at radius 2 is 1.68 bits per heavy atom. The van der Waals surface area contributed by atoms with Crippen LogP contribution in [0.2, 0.25) is 5.02 Å². The van der Waals surface area contributed by atoms with Crippen LogP contribution in [-0.4, -0.2) is 23.8 Å². The Labute approximate surface area is 221 Å². The molecule has 3 aromatic carbocycles. The maximum Gasteiger partial charge on any atom is 0.422 e. The fourth-order valence-corrected chi connectivity index (χ4v) is 4.10. The fourth-order valence-electron chi connectivity index (χ4n) is 3.99. The molecule has 1 atom stereocenters. The Bertz CT molecular complexity index is 1380. The molecule has 0 fully saturated rings. The highest BCUT2D eigenvalue weighted by atomic mass is 35.5. The van der Waals surface area contributed by atoms with Crippen molar-refractivity contribution in [3.63, 3.8) is 0 Å². The van der Waals surface area contributed by atoms with E-state index in [1.54, 1.807) is 18.2 Å². The van der Waals surface area contributed by atoms with E-state index in [1.807, 2.05) is 30.3 Å². The fraction of sp³-hybridized carbons (Fsp3) is 0.143. The van der Waals surface area contributed by atoms with Crippen molar-refractivity contribution in [2.24, 2.45) is 0 Å². The molecule has 38 heavy (non-hydrogen) atoms. The van der Waals surface area contributed by atoms with Gasteiger partial charge in [-0.2, -0.15) is 13.2 Å². The van der Waals surface area contributed by atoms with Crippen LogP contribution in [0.25, 0.3) is 0 Å². The van der Waals surface area contributed by atoms with Crippen molar-refractivity contribution in [2.45, 2.75) is 18.1 Å². The number of nitrogens with one attached hydrogen (secondary N) is 2. The van der Waals surface area contributed by atoms with E-state index in [-0.39, 0.29) is 17.9 Å². The third-order valence-corrected chi connectivity index (χ3v) is 5.84. The Morgan fingerprint density at radius 1 is 0.921 bits per heavy atom. The Hall–Kier alpha value is -4.11. The van der Waals surface area contributed by atoms with Crippen LogP contribution in [0.1, 0.15) is 16.8 Å². The Kier molecular flexibility index (Phi) is 8.16. The molecular formula is C28H22ClF4N3O2. The van der Waals surface area contributed by atoms with Crippen LogP contribution in [-0.2, 0) is 12.0 Å². The van der Waals surface area contributed by atoms with Crippen LogP contribution in [0.15, 0.2) is 97.2 Å². The summed E-state index contributed by atoms with van der Waals surface area (Å²) >= 11 is 6.08. The minimum atomic E-state index is -4.53. The molecule has 10 heteroatoms. The first kappa shape index (κ1) is 26.9. The van der Waals surface area contributed by atoms with Gasteiger partial charge in [0.25, 0.3) is 0 Å². The molecule has 1 heterocycles. The van der Waals surface area contributed by atoms with E-state index in [1.165, 1.54) is 42.6 Å². The molecule has 0 aliphatic heterocycles. The van der Waals surface area contributed by atoms with Gasteiger partial charge in [0.2, 0.25) is 0 Å². The number of pyridine rings is 1. The van der Waals surface area contributed by atoms with Crippen molar-refractivity contribution in [3.8, 4) is 5.75 Å². The summed E-state index contributed by atoms with van der Waals surface area (Å²) in [6, 6.07) is 23.1. The summed E-state index contributed by atoms with van der Waals surface area (Å²) in [5.74, 6) is -0.578. The molecule has 4 rings (SSSR count). The molecule has 0 saturated heterocycles. The zero-order valence-corrected chi connectivity index (χ0v) is 20.6. The molecule has 0 aliphatic carbocycles. The second-order valence-electron chi connectivity index (χ2n) is 8.45. The van der Waals surface area contributed by atoms with Crippen molar-refractivity contribution in [1.82, 2.24) is 10.3 Å². The van der Waals surface area contributed by atoms with E-state index >= 15 is 0 Å². The maximum absolute atomic E-state index is 13.7. The number of nitrogens with zero attached hydrogens (tertiary/aromatic N) is 1. The monoisotopic (exact) mass is 543 g/mol. The molecule has 0 unspecified atom stereocenters. The van der Waals surface area contributed by atoms with E-state index in [9.17, 15) is 22.4 Å². The van der Waals surface area contributed by atoms with Gasteiger partial charge in [-0.15, -0.1) is 0 Å². The number of aromatic nitrogens is 1. The molecule has 1 aromatic heterocycles. The number of ether oxygens (including phenoxy) is 1. The average molecular weight is 544 g/mol. The average Bonchev–Trinajstić information content (AvgIpc) is 2.88. The summed E-state index contributed by atoms with van der Waals surface area (Å²) < 4.78 is 57.2. The first-order valence-corrected chi connectivity index (χ1v) is 11.8. The number of carbonyl (C=O) groups excluding carboxylic acids is 1. The standard InChI is InChI=1S/C28H22ClF4N3O2/c29-21-12-13-25(34-17-21)27(16-19-6-2-1-3-7-19,36-26(37)35-23-10-5-9-22(30)15-23)20-8-4-11-24(14-20)38-18-28(31,32)33/h1-15,17H,16,18H2,(H2,35,36,37)/t27-/m0/s1. The van der Waals surface area contributed by atoms with Crippen molar-refractivity contribution in [1.29, 1.82) is 0 Å². The van der Waals surface area contributed by atoms with Crippen molar-refractivity contribution >= 4 is 23.3 Å². The lowest BCUT2D eigenvalue weighted by Crippen LogP contribution is -2.50. The van der Waals surface area contributed by atoms with Gasteiger partial charge in [-0.1, -0.05) is 60.1 Å². The number of alkyl halides is 3. The molecule has 5 nitrogen and oxygen atoms in total. The number of halogens is 5. The summed E-state index contributed by atoms with van der Waals surface area (Å²) in [5, 5.41) is 5.91. The number of hydrogen-bond donors (Lipinski definition) is 2. The van der Waals surface area contributed by atoms with Crippen molar-refractivity contribution in [2.75, 3.05) is 11.9 Å². The van der Waals surface area contributed by atoms with Gasteiger partial charge in [-0.25, -0.2) is 9.18 Å². The van der Waals surface area contributed by atoms with Crippen molar-refractivity contribution in [3.05, 3.63) is 125 Å². The smallest absolute Gasteiger partial charge is 0.422 e. The third kappa shape index (κ3) is 7.01. The van der Waals surface area contributed by atoms with E-state index in [4.69, 9.17) is 16.3 Å². The first-order chi connectivity index (χ1) is 18.1. The van der Waals surface area contributed by atoms with Crippen LogP contribution in [0.3, 0.4) is 0 Å². The van der Waals surface area contributed by atoms with Gasteiger partial charge in [0.1, 0.15) is 17.1 Å². The second kappa shape index (κ2) is 11.5. The molecule has 196 valence electrons. The van der Waals surface area contributed by atoms with Crippen LogP contribution in [0, 0.1) is 5.82 Å². The van der Waals surface area contributed by atoms with Crippen LogP contribution < -0.4 is 15.4 Å². The SMILES string of the molecule is O=C(Nc1cccc(F)c1)N[C@@](Cc1ccccc1)(c1cccc(OCC(F)(F)F)c1)c1ccc(Cl)cn1. The largest absolute Gasteiger partial charge is 0.484 e. The van der Waals surface area contributed by atoms with Gasteiger partial charge in [-0.05, 0) is 53.6 Å². The normalized spacial score (nSPS) is 12.9. The predicted octanol–water partition coefficient (Wildman–Crippen LogP) is 7.12. The number of carbonyl (C=O) groups is 1. The lowest BCUT2D eigenvalue weighted by Gasteiger charge is -2.35. The number of benzene rings is 3. The predicted molar refractivity (Wildman–Crippen MR) is 137 cm³/mol. The number of urea groups is 1. The quantitative estimate of drug-likeness (QED) is 0.233. The van der Waals surface area contributed by atoms with Crippen LogP contribution >= 0.6 is 11.6 Å². The summed E-state index contributed by atoms with van der Waals surface area (Å²) in [6.07, 6.45) is -2.95. The Balaban J connectivity index is 1.81. The molecule has 0 spiro atoms. The molecular weight excluding hydrogens is 522 g/mol. The summed E-state index contributed by atoms with van der Waals surface area (Å²) in [4.78, 5) is 17.8. The molecule has 2 N–H and O–H groups in total. The first-order valence-electron chi connectivity index (χ1n) is 11.4. The van der Waals surface area contributed by atoms with Crippen LogP contribution in [0.4, 0.5) is 28.0 Å². The number of rotatable bonds is 8. The molecule has 0 saturated carbocycles. The van der Waals surface area contributed by atoms with Gasteiger partial charge < -0.3 is 15.4 Å². The van der Waals surface area contributed by atoms with Gasteiger partial charge in [0.05, 0.1) is 10.7 Å². The minimum absolute atomic E-state index is 0.0430. The number of hydrogen-bond acceptors (Lipinski definition) is 3. The summed E-state index contributed by atoms with van der Waals surface area (Å²) in [6.45, 7) is -1.48. The van der Waals surface area contributed by atoms with Gasteiger partial charge >= 0.3 is 12.2 Å². The number of anilines is 1.